The minimum absolute atomic E-state index is 0.00433. The Hall–Kier alpha value is -4.26. The average molecular weight is 555 g/mol. The molecular formula is C34H38N2O5. The topological polar surface area (TPSA) is 77.1 Å². The number of allylic oxidation sites excluding steroid dienone is 1. The number of Topliss-reactive ketones (excluding diaryl/α,β-unsaturated/α-hetero) is 1. The van der Waals surface area contributed by atoms with Crippen LogP contribution in [0.3, 0.4) is 0 Å². The summed E-state index contributed by atoms with van der Waals surface area (Å²) >= 11 is 0. The van der Waals surface area contributed by atoms with Crippen LogP contribution in [0.4, 0.5) is 11.4 Å². The van der Waals surface area contributed by atoms with Gasteiger partial charge in [0.1, 0.15) is 5.75 Å². The van der Waals surface area contributed by atoms with Crippen molar-refractivity contribution in [3.05, 3.63) is 89.1 Å². The molecule has 3 aromatic rings. The fourth-order valence-corrected chi connectivity index (χ4v) is 5.96. The highest BCUT2D eigenvalue weighted by atomic mass is 16.5. The summed E-state index contributed by atoms with van der Waals surface area (Å²) in [6.45, 7) is 2.12. The van der Waals surface area contributed by atoms with Crippen LogP contribution >= 0.6 is 0 Å². The second kappa shape index (κ2) is 12.5. The largest absolute Gasteiger partial charge is 0.497 e. The summed E-state index contributed by atoms with van der Waals surface area (Å²) in [5.74, 6) is 1.95. The second-order valence-electron chi connectivity index (χ2n) is 10.6. The maximum Gasteiger partial charge on any atom is 0.227 e. The molecule has 0 spiro atoms. The normalized spacial score (nSPS) is 18.1. The van der Waals surface area contributed by atoms with Crippen LogP contribution in [-0.4, -0.2) is 33.0 Å². The Kier molecular flexibility index (Phi) is 8.62. The molecule has 41 heavy (non-hydrogen) atoms. The van der Waals surface area contributed by atoms with Crippen LogP contribution in [0.1, 0.15) is 68.5 Å². The van der Waals surface area contributed by atoms with Gasteiger partial charge in [-0.15, -0.1) is 0 Å². The zero-order valence-corrected chi connectivity index (χ0v) is 24.2. The molecule has 0 saturated carbocycles. The Morgan fingerprint density at radius 3 is 2.32 bits per heavy atom. The fourth-order valence-electron chi connectivity index (χ4n) is 5.96. The van der Waals surface area contributed by atoms with E-state index in [4.69, 9.17) is 14.2 Å². The van der Waals surface area contributed by atoms with Crippen molar-refractivity contribution in [3.63, 3.8) is 0 Å². The monoisotopic (exact) mass is 554 g/mol. The summed E-state index contributed by atoms with van der Waals surface area (Å²) in [6, 6.07) is 20.8. The van der Waals surface area contributed by atoms with E-state index < -0.39 is 6.04 Å². The third-order valence-corrected chi connectivity index (χ3v) is 8.06. The van der Waals surface area contributed by atoms with Gasteiger partial charge in [-0.1, -0.05) is 50.1 Å². The van der Waals surface area contributed by atoms with Gasteiger partial charge in [-0.25, -0.2) is 0 Å². The van der Waals surface area contributed by atoms with Crippen LogP contribution in [0.5, 0.6) is 17.2 Å². The van der Waals surface area contributed by atoms with Gasteiger partial charge in [-0.3, -0.25) is 14.5 Å². The smallest absolute Gasteiger partial charge is 0.227 e. The second-order valence-corrected chi connectivity index (χ2v) is 10.6. The molecule has 1 aliphatic heterocycles. The standard InChI is InChI=1S/C34H38N2O5/c1-5-6-7-12-32(38)36-28-11-9-8-10-26(28)35-27-19-24(22-13-16-25(39-2)17-14-22)20-29(37)33(27)34(36)23-15-18-30(40-3)31(21-23)41-4/h8-11,13-18,21,24,34-35H,5-7,12,19-20H2,1-4H3/t24-,34-/m1/s1. The van der Waals surface area contributed by atoms with E-state index in [2.05, 4.69) is 12.2 Å². The van der Waals surface area contributed by atoms with E-state index in [0.717, 1.165) is 53.2 Å². The predicted octanol–water partition coefficient (Wildman–Crippen LogP) is 7.19. The molecule has 0 radical (unpaired) electrons. The quantitative estimate of drug-likeness (QED) is 0.282. The van der Waals surface area contributed by atoms with Crippen molar-refractivity contribution in [3.8, 4) is 17.2 Å². The highest BCUT2D eigenvalue weighted by molar-refractivity contribution is 6.06. The number of carbonyl (C=O) groups excluding carboxylic acids is 2. The van der Waals surface area contributed by atoms with Gasteiger partial charge in [0, 0.05) is 24.1 Å². The van der Waals surface area contributed by atoms with E-state index in [1.54, 1.807) is 21.3 Å². The summed E-state index contributed by atoms with van der Waals surface area (Å²) in [5, 5.41) is 3.60. The zero-order valence-electron chi connectivity index (χ0n) is 24.2. The molecule has 7 heteroatoms. The lowest BCUT2D eigenvalue weighted by molar-refractivity contribution is -0.119. The number of amides is 1. The Balaban J connectivity index is 1.67. The van der Waals surface area contributed by atoms with Crippen LogP contribution in [0.2, 0.25) is 0 Å². The number of hydrogen-bond donors (Lipinski definition) is 1. The number of para-hydroxylation sites is 2. The number of rotatable bonds is 9. The number of benzene rings is 3. The number of hydrogen-bond acceptors (Lipinski definition) is 6. The number of ether oxygens (including phenoxy) is 3. The first kappa shape index (κ1) is 28.3. The van der Waals surface area contributed by atoms with Crippen LogP contribution in [0.25, 0.3) is 0 Å². The molecule has 1 amide bonds. The van der Waals surface area contributed by atoms with Gasteiger partial charge in [0.15, 0.2) is 17.3 Å². The van der Waals surface area contributed by atoms with Crippen molar-refractivity contribution in [2.45, 2.75) is 57.4 Å². The van der Waals surface area contributed by atoms with Gasteiger partial charge in [-0.2, -0.15) is 0 Å². The van der Waals surface area contributed by atoms with Crippen molar-refractivity contribution in [2.24, 2.45) is 0 Å². The summed E-state index contributed by atoms with van der Waals surface area (Å²) < 4.78 is 16.5. The number of fused-ring (bicyclic) bond motifs is 1. The Bertz CT molecular complexity index is 1450. The van der Waals surface area contributed by atoms with Crippen molar-refractivity contribution in [1.29, 1.82) is 0 Å². The summed E-state index contributed by atoms with van der Waals surface area (Å²) in [7, 11) is 4.83. The molecule has 1 aliphatic carbocycles. The number of unbranched alkanes of at least 4 members (excludes halogenated alkanes) is 2. The highest BCUT2D eigenvalue weighted by Gasteiger charge is 2.41. The molecule has 1 N–H and O–H groups in total. The van der Waals surface area contributed by atoms with Gasteiger partial charge >= 0.3 is 0 Å². The molecule has 7 nitrogen and oxygen atoms in total. The van der Waals surface area contributed by atoms with Crippen molar-refractivity contribution in [1.82, 2.24) is 0 Å². The molecule has 0 saturated heterocycles. The lowest BCUT2D eigenvalue weighted by atomic mass is 9.78. The molecule has 2 atom stereocenters. The Labute approximate surface area is 242 Å². The summed E-state index contributed by atoms with van der Waals surface area (Å²) in [4.78, 5) is 30.1. The van der Waals surface area contributed by atoms with Gasteiger partial charge in [0.05, 0.1) is 38.7 Å². The van der Waals surface area contributed by atoms with Crippen LogP contribution in [0.15, 0.2) is 78.0 Å². The van der Waals surface area contributed by atoms with Gasteiger partial charge < -0.3 is 19.5 Å². The minimum atomic E-state index is -0.612. The molecule has 3 aromatic carbocycles. The van der Waals surface area contributed by atoms with Crippen LogP contribution < -0.4 is 24.4 Å². The molecule has 214 valence electrons. The minimum Gasteiger partial charge on any atom is -0.497 e. The van der Waals surface area contributed by atoms with Crippen molar-refractivity contribution < 1.29 is 23.8 Å². The SMILES string of the molecule is CCCCCC(=O)N1c2ccccc2NC2=C(C(=O)C[C@H](c3ccc(OC)cc3)C2)[C@H]1c1ccc(OC)c(OC)c1. The van der Waals surface area contributed by atoms with E-state index in [-0.39, 0.29) is 17.6 Å². The number of ketones is 1. The number of nitrogens with zero attached hydrogens (tertiary/aromatic N) is 1. The number of anilines is 2. The first-order valence-electron chi connectivity index (χ1n) is 14.3. The fraction of sp³-hybridized carbons (Fsp3) is 0.353. The summed E-state index contributed by atoms with van der Waals surface area (Å²) in [5.41, 5.74) is 4.93. The van der Waals surface area contributed by atoms with E-state index in [1.165, 1.54) is 0 Å². The van der Waals surface area contributed by atoms with Gasteiger partial charge in [-0.05, 0) is 66.3 Å². The van der Waals surface area contributed by atoms with Gasteiger partial charge in [0.2, 0.25) is 5.91 Å². The third kappa shape index (κ3) is 5.67. The first-order chi connectivity index (χ1) is 20.0. The molecule has 5 rings (SSSR count). The van der Waals surface area contributed by atoms with Crippen LogP contribution in [-0.2, 0) is 9.59 Å². The summed E-state index contributed by atoms with van der Waals surface area (Å²) in [6.07, 6.45) is 4.17. The lowest BCUT2D eigenvalue weighted by Gasteiger charge is -2.35. The van der Waals surface area contributed by atoms with Gasteiger partial charge in [0.25, 0.3) is 0 Å². The Morgan fingerprint density at radius 1 is 0.878 bits per heavy atom. The van der Waals surface area contributed by atoms with E-state index in [9.17, 15) is 9.59 Å². The molecular weight excluding hydrogens is 516 g/mol. The first-order valence-corrected chi connectivity index (χ1v) is 14.3. The molecule has 2 aliphatic rings. The van der Waals surface area contributed by atoms with Crippen molar-refractivity contribution in [2.75, 3.05) is 31.5 Å². The number of methoxy groups -OCH3 is 3. The maximum atomic E-state index is 14.2. The predicted molar refractivity (Wildman–Crippen MR) is 161 cm³/mol. The molecule has 0 unspecified atom stereocenters. The maximum absolute atomic E-state index is 14.2. The molecule has 1 heterocycles. The number of nitrogens with one attached hydrogen (secondary N) is 1. The molecule has 0 aromatic heterocycles. The highest BCUT2D eigenvalue weighted by Crippen LogP contribution is 2.48. The number of carbonyl (C=O) groups is 2. The Morgan fingerprint density at radius 2 is 1.61 bits per heavy atom. The average Bonchev–Trinajstić information content (AvgIpc) is 3.15. The molecule has 0 fully saturated rings. The van der Waals surface area contributed by atoms with E-state index in [1.807, 2.05) is 71.6 Å². The van der Waals surface area contributed by atoms with E-state index in [0.29, 0.717) is 36.3 Å². The van der Waals surface area contributed by atoms with Crippen LogP contribution in [0, 0.1) is 0 Å². The zero-order chi connectivity index (χ0) is 28.9. The molecule has 0 bridgehead atoms. The van der Waals surface area contributed by atoms with E-state index >= 15 is 0 Å². The third-order valence-electron chi connectivity index (χ3n) is 8.06. The lowest BCUT2D eigenvalue weighted by Crippen LogP contribution is -2.38. The van der Waals surface area contributed by atoms with Crippen molar-refractivity contribution >= 4 is 23.1 Å².